The van der Waals surface area contributed by atoms with Gasteiger partial charge in [0.2, 0.25) is 0 Å². The number of anilines is 1. The summed E-state index contributed by atoms with van der Waals surface area (Å²) >= 11 is 5.81. The minimum atomic E-state index is -1.10. The Kier molecular flexibility index (Phi) is 5.63. The SMILES string of the molecule is CCCN(CCC(=O)O)c1ccc(Cl)c(C(=O)O)c1. The van der Waals surface area contributed by atoms with Crippen LogP contribution < -0.4 is 4.90 Å². The summed E-state index contributed by atoms with van der Waals surface area (Å²) < 4.78 is 0. The van der Waals surface area contributed by atoms with Gasteiger partial charge in [0.25, 0.3) is 0 Å². The van der Waals surface area contributed by atoms with Crippen LogP contribution in [0, 0.1) is 0 Å². The van der Waals surface area contributed by atoms with Crippen molar-refractivity contribution >= 4 is 29.2 Å². The monoisotopic (exact) mass is 285 g/mol. The maximum absolute atomic E-state index is 11.0. The van der Waals surface area contributed by atoms with E-state index in [-0.39, 0.29) is 17.0 Å². The minimum absolute atomic E-state index is 0.00499. The van der Waals surface area contributed by atoms with E-state index >= 15 is 0 Å². The van der Waals surface area contributed by atoms with Crippen molar-refractivity contribution in [3.05, 3.63) is 28.8 Å². The number of nitrogens with zero attached hydrogens (tertiary/aromatic N) is 1. The number of carboxylic acids is 2. The van der Waals surface area contributed by atoms with Gasteiger partial charge in [-0.3, -0.25) is 4.79 Å². The molecule has 1 aromatic rings. The van der Waals surface area contributed by atoms with E-state index in [4.69, 9.17) is 21.8 Å². The summed E-state index contributed by atoms with van der Waals surface area (Å²) in [4.78, 5) is 23.5. The van der Waals surface area contributed by atoms with Crippen LogP contribution in [0.3, 0.4) is 0 Å². The van der Waals surface area contributed by atoms with E-state index < -0.39 is 11.9 Å². The molecular weight excluding hydrogens is 270 g/mol. The number of carbonyl (C=O) groups is 2. The first-order valence-corrected chi connectivity index (χ1v) is 6.33. The van der Waals surface area contributed by atoms with Gasteiger partial charge in [-0.15, -0.1) is 0 Å². The molecule has 0 aliphatic heterocycles. The van der Waals surface area contributed by atoms with E-state index in [1.54, 1.807) is 6.07 Å². The molecule has 0 fully saturated rings. The second-order valence-corrected chi connectivity index (χ2v) is 4.51. The molecule has 0 unspecified atom stereocenters. The van der Waals surface area contributed by atoms with Crippen molar-refractivity contribution in [2.24, 2.45) is 0 Å². The fourth-order valence-corrected chi connectivity index (χ4v) is 1.94. The molecule has 0 amide bonds. The highest BCUT2D eigenvalue weighted by molar-refractivity contribution is 6.33. The van der Waals surface area contributed by atoms with Crippen LogP contribution in [0.5, 0.6) is 0 Å². The molecule has 0 radical (unpaired) electrons. The molecular formula is C13H16ClNO4. The number of carboxylic acid groups (broad SMARTS) is 2. The van der Waals surface area contributed by atoms with Crippen LogP contribution in [0.25, 0.3) is 0 Å². The molecule has 0 bridgehead atoms. The largest absolute Gasteiger partial charge is 0.481 e. The van der Waals surface area contributed by atoms with Crippen LogP contribution in [0.4, 0.5) is 5.69 Å². The third-order valence-electron chi connectivity index (χ3n) is 2.63. The second-order valence-electron chi connectivity index (χ2n) is 4.10. The quantitative estimate of drug-likeness (QED) is 0.805. The van der Waals surface area contributed by atoms with Gasteiger partial charge in [-0.1, -0.05) is 18.5 Å². The number of aliphatic carboxylic acids is 1. The van der Waals surface area contributed by atoms with Crippen molar-refractivity contribution in [3.8, 4) is 0 Å². The Morgan fingerprint density at radius 1 is 1.26 bits per heavy atom. The maximum Gasteiger partial charge on any atom is 0.337 e. The minimum Gasteiger partial charge on any atom is -0.481 e. The summed E-state index contributed by atoms with van der Waals surface area (Å²) in [7, 11) is 0. The average molecular weight is 286 g/mol. The van der Waals surface area contributed by atoms with Gasteiger partial charge in [0.15, 0.2) is 0 Å². The molecule has 0 saturated heterocycles. The molecule has 2 N–H and O–H groups in total. The summed E-state index contributed by atoms with van der Waals surface area (Å²) in [6, 6.07) is 4.69. The summed E-state index contributed by atoms with van der Waals surface area (Å²) in [6.45, 7) is 2.97. The maximum atomic E-state index is 11.0. The second kappa shape index (κ2) is 6.99. The lowest BCUT2D eigenvalue weighted by atomic mass is 10.1. The molecule has 0 heterocycles. The zero-order valence-electron chi connectivity index (χ0n) is 10.6. The Labute approximate surface area is 116 Å². The standard InChI is InChI=1S/C13H16ClNO4/c1-2-6-15(7-5-12(16)17)9-3-4-11(14)10(8-9)13(18)19/h3-4,8H,2,5-7H2,1H3,(H,16,17)(H,18,19). The highest BCUT2D eigenvalue weighted by atomic mass is 35.5. The Hall–Kier alpha value is -1.75. The van der Waals surface area contributed by atoms with Crippen molar-refractivity contribution in [3.63, 3.8) is 0 Å². The van der Waals surface area contributed by atoms with Crippen molar-refractivity contribution in [1.82, 2.24) is 0 Å². The van der Waals surface area contributed by atoms with Crippen molar-refractivity contribution < 1.29 is 19.8 Å². The molecule has 0 aliphatic rings. The highest BCUT2D eigenvalue weighted by Crippen LogP contribution is 2.23. The number of hydrogen-bond acceptors (Lipinski definition) is 3. The fraction of sp³-hybridized carbons (Fsp3) is 0.385. The molecule has 0 atom stereocenters. The van der Waals surface area contributed by atoms with Gasteiger partial charge >= 0.3 is 11.9 Å². The van der Waals surface area contributed by atoms with Crippen molar-refractivity contribution in [1.29, 1.82) is 0 Å². The molecule has 0 aliphatic carbocycles. The molecule has 1 aromatic carbocycles. The molecule has 19 heavy (non-hydrogen) atoms. The van der Waals surface area contributed by atoms with Gasteiger partial charge in [-0.25, -0.2) is 4.79 Å². The molecule has 0 aromatic heterocycles. The summed E-state index contributed by atoms with van der Waals surface area (Å²) in [5, 5.41) is 17.9. The number of aromatic carboxylic acids is 1. The van der Waals surface area contributed by atoms with Crippen LogP contribution in [0.2, 0.25) is 5.02 Å². The third-order valence-corrected chi connectivity index (χ3v) is 2.96. The third kappa shape index (κ3) is 4.44. The van der Waals surface area contributed by atoms with Gasteiger partial charge in [-0.05, 0) is 24.6 Å². The van der Waals surface area contributed by atoms with Gasteiger partial charge in [0.1, 0.15) is 0 Å². The Bertz CT molecular complexity index is 476. The zero-order valence-corrected chi connectivity index (χ0v) is 11.4. The normalized spacial score (nSPS) is 10.2. The van der Waals surface area contributed by atoms with E-state index in [1.807, 2.05) is 11.8 Å². The van der Waals surface area contributed by atoms with Gasteiger partial charge in [-0.2, -0.15) is 0 Å². The lowest BCUT2D eigenvalue weighted by Gasteiger charge is -2.24. The summed E-state index contributed by atoms with van der Waals surface area (Å²) in [6.07, 6.45) is 0.843. The molecule has 0 saturated carbocycles. The average Bonchev–Trinajstić information content (AvgIpc) is 2.34. The van der Waals surface area contributed by atoms with E-state index in [9.17, 15) is 9.59 Å². The fourth-order valence-electron chi connectivity index (χ4n) is 1.74. The predicted octanol–water partition coefficient (Wildman–Crippen LogP) is 2.73. The molecule has 1 rings (SSSR count). The highest BCUT2D eigenvalue weighted by Gasteiger charge is 2.13. The topological polar surface area (TPSA) is 77.8 Å². The number of rotatable bonds is 7. The lowest BCUT2D eigenvalue weighted by molar-refractivity contribution is -0.136. The first kappa shape index (κ1) is 15.3. The lowest BCUT2D eigenvalue weighted by Crippen LogP contribution is -2.27. The molecule has 6 heteroatoms. The number of halogens is 1. The smallest absolute Gasteiger partial charge is 0.337 e. The Morgan fingerprint density at radius 2 is 1.95 bits per heavy atom. The van der Waals surface area contributed by atoms with Crippen molar-refractivity contribution in [2.75, 3.05) is 18.0 Å². The molecule has 5 nitrogen and oxygen atoms in total. The van der Waals surface area contributed by atoms with E-state index in [1.165, 1.54) is 12.1 Å². The summed E-state index contributed by atoms with van der Waals surface area (Å²) in [5.41, 5.74) is 0.695. The molecule has 0 spiro atoms. The van der Waals surface area contributed by atoms with Crippen LogP contribution in [-0.4, -0.2) is 35.2 Å². The zero-order chi connectivity index (χ0) is 14.4. The first-order valence-electron chi connectivity index (χ1n) is 5.95. The van der Waals surface area contributed by atoms with Gasteiger partial charge in [0, 0.05) is 18.8 Å². The van der Waals surface area contributed by atoms with Gasteiger partial charge < -0.3 is 15.1 Å². The molecule has 104 valence electrons. The van der Waals surface area contributed by atoms with E-state index in [0.717, 1.165) is 6.42 Å². The first-order chi connectivity index (χ1) is 8.95. The van der Waals surface area contributed by atoms with Crippen LogP contribution in [0.1, 0.15) is 30.1 Å². The van der Waals surface area contributed by atoms with Gasteiger partial charge in [0.05, 0.1) is 17.0 Å². The number of benzene rings is 1. The van der Waals surface area contributed by atoms with Crippen LogP contribution in [-0.2, 0) is 4.79 Å². The van der Waals surface area contributed by atoms with E-state index in [2.05, 4.69) is 0 Å². The Morgan fingerprint density at radius 3 is 2.47 bits per heavy atom. The van der Waals surface area contributed by atoms with Crippen molar-refractivity contribution in [2.45, 2.75) is 19.8 Å². The van der Waals surface area contributed by atoms with E-state index in [0.29, 0.717) is 18.8 Å². The predicted molar refractivity (Wildman–Crippen MR) is 73.2 cm³/mol. The summed E-state index contributed by atoms with van der Waals surface area (Å²) in [5.74, 6) is -1.98. The van der Waals surface area contributed by atoms with Crippen LogP contribution in [0.15, 0.2) is 18.2 Å². The number of hydrogen-bond donors (Lipinski definition) is 2. The Balaban J connectivity index is 2.98. The van der Waals surface area contributed by atoms with Crippen LogP contribution >= 0.6 is 11.6 Å².